The number of carbonyl (C=O) groups excluding carboxylic acids is 1. The number of carbonyl (C=O) groups is 1. The number of hydrogen-bond donors (Lipinski definition) is 0. The Balaban J connectivity index is 0.000000461. The van der Waals surface area contributed by atoms with Crippen LogP contribution >= 0.6 is 0 Å². The van der Waals surface area contributed by atoms with E-state index in [4.69, 9.17) is 14.3 Å². The monoisotopic (exact) mass is 192 g/mol. The van der Waals surface area contributed by atoms with Crippen LogP contribution in [0, 0.1) is 0 Å². The van der Waals surface area contributed by atoms with Crippen molar-refractivity contribution in [3.63, 3.8) is 0 Å². The van der Waals surface area contributed by atoms with E-state index >= 15 is 0 Å². The standard InChI is InChI=1S/C10H10O2.CH2O/c1-2-3-8-4-5-9-10(6-8)12-7-11-9;1-2/h2,4-6H,1,3,7H2;1H2. The Hall–Kier alpha value is -1.77. The average molecular weight is 192 g/mol. The van der Waals surface area contributed by atoms with Crippen LogP contribution in [-0.2, 0) is 11.2 Å². The lowest BCUT2D eigenvalue weighted by atomic mass is 10.1. The highest BCUT2D eigenvalue weighted by Crippen LogP contribution is 2.32. The SMILES string of the molecule is C=CCc1ccc2c(c1)OCO2.C=O. The van der Waals surface area contributed by atoms with Crippen molar-refractivity contribution >= 4 is 6.79 Å². The van der Waals surface area contributed by atoms with Crippen LogP contribution in [0.3, 0.4) is 0 Å². The molecule has 14 heavy (non-hydrogen) atoms. The minimum Gasteiger partial charge on any atom is -0.454 e. The van der Waals surface area contributed by atoms with Gasteiger partial charge in [0.05, 0.1) is 0 Å². The molecule has 0 radical (unpaired) electrons. The second-order valence-electron chi connectivity index (χ2n) is 2.68. The quantitative estimate of drug-likeness (QED) is 0.672. The number of allylic oxidation sites excluding steroid dienone is 1. The van der Waals surface area contributed by atoms with Gasteiger partial charge in [-0.2, -0.15) is 0 Å². The highest BCUT2D eigenvalue weighted by atomic mass is 16.7. The smallest absolute Gasteiger partial charge is 0.231 e. The van der Waals surface area contributed by atoms with Gasteiger partial charge in [-0.05, 0) is 24.1 Å². The Kier molecular flexibility index (Phi) is 3.73. The summed E-state index contributed by atoms with van der Waals surface area (Å²) in [6.45, 7) is 6.02. The molecule has 0 aromatic heterocycles. The zero-order chi connectivity index (χ0) is 10.4. The van der Waals surface area contributed by atoms with Crippen LogP contribution in [0.4, 0.5) is 0 Å². The minimum atomic E-state index is 0.340. The molecule has 1 aromatic rings. The van der Waals surface area contributed by atoms with Gasteiger partial charge in [0.15, 0.2) is 11.5 Å². The molecule has 1 heterocycles. The van der Waals surface area contributed by atoms with Crippen molar-refractivity contribution in [1.29, 1.82) is 0 Å². The van der Waals surface area contributed by atoms with Gasteiger partial charge in [0.1, 0.15) is 6.79 Å². The maximum atomic E-state index is 8.00. The minimum absolute atomic E-state index is 0.340. The lowest BCUT2D eigenvalue weighted by Crippen LogP contribution is -1.92. The summed E-state index contributed by atoms with van der Waals surface area (Å²) in [5.74, 6) is 1.68. The maximum absolute atomic E-state index is 8.00. The second-order valence-corrected chi connectivity index (χ2v) is 2.68. The summed E-state index contributed by atoms with van der Waals surface area (Å²) in [7, 11) is 0. The fraction of sp³-hybridized carbons (Fsp3) is 0.182. The zero-order valence-electron chi connectivity index (χ0n) is 7.86. The van der Waals surface area contributed by atoms with E-state index in [2.05, 4.69) is 6.58 Å². The molecule has 0 saturated heterocycles. The summed E-state index contributed by atoms with van der Waals surface area (Å²) < 4.78 is 10.4. The molecule has 0 atom stereocenters. The van der Waals surface area contributed by atoms with E-state index < -0.39 is 0 Å². The molecule has 1 aromatic carbocycles. The summed E-state index contributed by atoms with van der Waals surface area (Å²) in [4.78, 5) is 8.00. The van der Waals surface area contributed by atoms with Crippen molar-refractivity contribution in [1.82, 2.24) is 0 Å². The van der Waals surface area contributed by atoms with E-state index in [9.17, 15) is 0 Å². The molecule has 0 saturated carbocycles. The fourth-order valence-electron chi connectivity index (χ4n) is 1.23. The first kappa shape index (κ1) is 10.3. The number of hydrogen-bond acceptors (Lipinski definition) is 3. The molecular weight excluding hydrogens is 180 g/mol. The van der Waals surface area contributed by atoms with E-state index in [-0.39, 0.29) is 0 Å². The molecule has 0 aliphatic carbocycles. The molecule has 0 spiro atoms. The van der Waals surface area contributed by atoms with Crippen molar-refractivity contribution in [3.8, 4) is 11.5 Å². The number of ether oxygens (including phenoxy) is 2. The van der Waals surface area contributed by atoms with Crippen molar-refractivity contribution in [3.05, 3.63) is 36.4 Å². The van der Waals surface area contributed by atoms with Crippen LogP contribution in [-0.4, -0.2) is 13.6 Å². The van der Waals surface area contributed by atoms with Gasteiger partial charge in [0, 0.05) is 0 Å². The molecule has 2 rings (SSSR count). The van der Waals surface area contributed by atoms with E-state index in [0.29, 0.717) is 6.79 Å². The summed E-state index contributed by atoms with van der Waals surface area (Å²) in [5.41, 5.74) is 1.20. The van der Waals surface area contributed by atoms with Crippen LogP contribution in [0.5, 0.6) is 11.5 Å². The fourth-order valence-corrected chi connectivity index (χ4v) is 1.23. The molecule has 0 fully saturated rings. The van der Waals surface area contributed by atoms with Gasteiger partial charge in [-0.15, -0.1) is 6.58 Å². The molecule has 0 amide bonds. The summed E-state index contributed by atoms with van der Waals surface area (Å²) in [6, 6.07) is 5.94. The van der Waals surface area contributed by atoms with Crippen LogP contribution < -0.4 is 9.47 Å². The first-order valence-electron chi connectivity index (χ1n) is 4.18. The zero-order valence-corrected chi connectivity index (χ0v) is 7.86. The Bertz CT molecular complexity index is 320. The van der Waals surface area contributed by atoms with Gasteiger partial charge in [0.2, 0.25) is 6.79 Å². The van der Waals surface area contributed by atoms with Gasteiger partial charge in [-0.1, -0.05) is 12.1 Å². The lowest BCUT2D eigenvalue weighted by Gasteiger charge is -1.98. The van der Waals surface area contributed by atoms with Crippen molar-refractivity contribution < 1.29 is 14.3 Å². The first-order valence-corrected chi connectivity index (χ1v) is 4.18. The predicted molar refractivity (Wildman–Crippen MR) is 53.6 cm³/mol. The maximum Gasteiger partial charge on any atom is 0.231 e. The molecular formula is C11H12O3. The lowest BCUT2D eigenvalue weighted by molar-refractivity contribution is -0.0979. The topological polar surface area (TPSA) is 35.5 Å². The largest absolute Gasteiger partial charge is 0.454 e. The molecule has 1 aliphatic heterocycles. The Morgan fingerprint density at radius 3 is 2.71 bits per heavy atom. The van der Waals surface area contributed by atoms with Crippen LogP contribution in [0.15, 0.2) is 30.9 Å². The third-order valence-electron chi connectivity index (χ3n) is 1.82. The van der Waals surface area contributed by atoms with Crippen molar-refractivity contribution in [2.24, 2.45) is 0 Å². The second kappa shape index (κ2) is 5.07. The van der Waals surface area contributed by atoms with Gasteiger partial charge >= 0.3 is 0 Å². The summed E-state index contributed by atoms with van der Waals surface area (Å²) >= 11 is 0. The Labute approximate surface area is 83.0 Å². The Morgan fingerprint density at radius 1 is 1.29 bits per heavy atom. The number of benzene rings is 1. The number of fused-ring (bicyclic) bond motifs is 1. The van der Waals surface area contributed by atoms with E-state index in [0.717, 1.165) is 17.9 Å². The summed E-state index contributed by atoms with van der Waals surface area (Å²) in [5, 5.41) is 0. The highest BCUT2D eigenvalue weighted by molar-refractivity contribution is 5.44. The van der Waals surface area contributed by atoms with E-state index in [1.54, 1.807) is 0 Å². The molecule has 3 nitrogen and oxygen atoms in total. The molecule has 74 valence electrons. The van der Waals surface area contributed by atoms with E-state index in [1.807, 2.05) is 31.1 Å². The number of rotatable bonds is 2. The molecule has 0 unspecified atom stereocenters. The Morgan fingerprint density at radius 2 is 2.00 bits per heavy atom. The molecule has 0 bridgehead atoms. The van der Waals surface area contributed by atoms with Crippen LogP contribution in [0.2, 0.25) is 0 Å². The molecule has 0 N–H and O–H groups in total. The average Bonchev–Trinajstić information content (AvgIpc) is 2.68. The van der Waals surface area contributed by atoms with Gasteiger partial charge in [0.25, 0.3) is 0 Å². The predicted octanol–water partition coefficient (Wildman–Crippen LogP) is 1.96. The van der Waals surface area contributed by atoms with Crippen LogP contribution in [0.25, 0.3) is 0 Å². The molecule has 1 aliphatic rings. The highest BCUT2D eigenvalue weighted by Gasteiger charge is 2.12. The molecule has 3 heteroatoms. The van der Waals surface area contributed by atoms with Crippen molar-refractivity contribution in [2.45, 2.75) is 6.42 Å². The van der Waals surface area contributed by atoms with Crippen LogP contribution in [0.1, 0.15) is 5.56 Å². The van der Waals surface area contributed by atoms with Gasteiger partial charge < -0.3 is 14.3 Å². The normalized spacial score (nSPS) is 11.4. The van der Waals surface area contributed by atoms with E-state index in [1.165, 1.54) is 5.56 Å². The summed E-state index contributed by atoms with van der Waals surface area (Å²) in [6.07, 6.45) is 2.74. The van der Waals surface area contributed by atoms with Gasteiger partial charge in [-0.25, -0.2) is 0 Å². The first-order chi connectivity index (χ1) is 6.90. The van der Waals surface area contributed by atoms with Gasteiger partial charge in [-0.3, -0.25) is 0 Å². The third-order valence-corrected chi connectivity index (χ3v) is 1.82. The van der Waals surface area contributed by atoms with Crippen molar-refractivity contribution in [2.75, 3.05) is 6.79 Å². The third kappa shape index (κ3) is 2.13.